The topological polar surface area (TPSA) is 41.3 Å². The molecule has 0 bridgehead atoms. The molecule has 1 N–H and O–H groups in total. The van der Waals surface area contributed by atoms with E-state index >= 15 is 0 Å². The minimum atomic E-state index is -0.207. The molecule has 4 nitrogen and oxygen atoms in total. The summed E-state index contributed by atoms with van der Waals surface area (Å²) < 4.78 is 2.21. The molecular weight excluding hydrogens is 238 g/mol. The van der Waals surface area contributed by atoms with Gasteiger partial charge in [0.2, 0.25) is 0 Å². The summed E-state index contributed by atoms with van der Waals surface area (Å²) in [5, 5.41) is 9.70. The Kier molecular flexibility index (Phi) is 5.40. The van der Waals surface area contributed by atoms with E-state index < -0.39 is 0 Å². The normalized spacial score (nSPS) is 23.2. The first kappa shape index (κ1) is 14.5. The number of likely N-dealkylation sites (tertiary alicyclic amines) is 1. The highest BCUT2D eigenvalue weighted by molar-refractivity contribution is 4.99. The molecule has 0 aromatic carbocycles. The molecule has 0 amide bonds. The van der Waals surface area contributed by atoms with E-state index in [1.165, 1.54) is 31.4 Å². The van der Waals surface area contributed by atoms with Crippen molar-refractivity contribution in [2.75, 3.05) is 6.54 Å². The SMILES string of the molecule is CCn1cncc1CN1CCCCCC1CC(C)O. The number of aromatic nitrogens is 2. The average Bonchev–Trinajstić information content (AvgIpc) is 2.71. The van der Waals surface area contributed by atoms with Gasteiger partial charge in [-0.15, -0.1) is 0 Å². The molecule has 0 saturated carbocycles. The molecule has 1 fully saturated rings. The van der Waals surface area contributed by atoms with Crippen molar-refractivity contribution in [1.82, 2.24) is 14.5 Å². The summed E-state index contributed by atoms with van der Waals surface area (Å²) in [6.07, 6.45) is 9.68. The summed E-state index contributed by atoms with van der Waals surface area (Å²) in [6, 6.07) is 0.516. The quantitative estimate of drug-likeness (QED) is 0.889. The molecule has 4 heteroatoms. The maximum atomic E-state index is 9.70. The van der Waals surface area contributed by atoms with Crippen molar-refractivity contribution in [3.8, 4) is 0 Å². The van der Waals surface area contributed by atoms with Crippen LogP contribution in [0.15, 0.2) is 12.5 Å². The van der Waals surface area contributed by atoms with Crippen LogP contribution in [0.3, 0.4) is 0 Å². The van der Waals surface area contributed by atoms with Crippen molar-refractivity contribution >= 4 is 0 Å². The van der Waals surface area contributed by atoms with Crippen LogP contribution < -0.4 is 0 Å². The first-order valence-corrected chi connectivity index (χ1v) is 7.61. The van der Waals surface area contributed by atoms with Gasteiger partial charge in [0.15, 0.2) is 0 Å². The van der Waals surface area contributed by atoms with Gasteiger partial charge in [0, 0.05) is 25.3 Å². The Balaban J connectivity index is 2.05. The number of nitrogens with zero attached hydrogens (tertiary/aromatic N) is 3. The fourth-order valence-corrected chi connectivity index (χ4v) is 3.08. The van der Waals surface area contributed by atoms with Crippen LogP contribution in [0.1, 0.15) is 51.6 Å². The Morgan fingerprint density at radius 1 is 1.42 bits per heavy atom. The van der Waals surface area contributed by atoms with E-state index in [0.717, 1.165) is 26.1 Å². The number of hydrogen-bond donors (Lipinski definition) is 1. The fourth-order valence-electron chi connectivity index (χ4n) is 3.08. The van der Waals surface area contributed by atoms with Gasteiger partial charge >= 0.3 is 0 Å². The number of imidazole rings is 1. The average molecular weight is 265 g/mol. The van der Waals surface area contributed by atoms with Crippen LogP contribution in [0.25, 0.3) is 0 Å². The summed E-state index contributed by atoms with van der Waals surface area (Å²) in [5.74, 6) is 0. The Labute approximate surface area is 116 Å². The number of aryl methyl sites for hydroxylation is 1. The minimum Gasteiger partial charge on any atom is -0.393 e. The lowest BCUT2D eigenvalue weighted by atomic mass is 10.0. The molecule has 2 atom stereocenters. The van der Waals surface area contributed by atoms with Gasteiger partial charge in [-0.25, -0.2) is 4.98 Å². The third-order valence-electron chi connectivity index (χ3n) is 4.12. The third kappa shape index (κ3) is 4.05. The van der Waals surface area contributed by atoms with Crippen LogP contribution in [-0.4, -0.2) is 38.2 Å². The van der Waals surface area contributed by atoms with Crippen molar-refractivity contribution in [1.29, 1.82) is 0 Å². The predicted molar refractivity (Wildman–Crippen MR) is 76.9 cm³/mol. The van der Waals surface area contributed by atoms with Crippen LogP contribution in [0.5, 0.6) is 0 Å². The molecule has 1 aromatic heterocycles. The maximum Gasteiger partial charge on any atom is 0.0948 e. The maximum absolute atomic E-state index is 9.70. The van der Waals surface area contributed by atoms with E-state index in [2.05, 4.69) is 21.4 Å². The van der Waals surface area contributed by atoms with Crippen LogP contribution in [0.2, 0.25) is 0 Å². The smallest absolute Gasteiger partial charge is 0.0948 e. The lowest BCUT2D eigenvalue weighted by Gasteiger charge is -2.31. The first-order valence-electron chi connectivity index (χ1n) is 7.61. The summed E-state index contributed by atoms with van der Waals surface area (Å²) in [5.41, 5.74) is 1.29. The zero-order valence-electron chi connectivity index (χ0n) is 12.3. The van der Waals surface area contributed by atoms with Gasteiger partial charge in [-0.2, -0.15) is 0 Å². The van der Waals surface area contributed by atoms with Gasteiger partial charge in [-0.05, 0) is 39.7 Å². The van der Waals surface area contributed by atoms with Crippen molar-refractivity contribution in [2.24, 2.45) is 0 Å². The highest BCUT2D eigenvalue weighted by Gasteiger charge is 2.23. The van der Waals surface area contributed by atoms with Gasteiger partial charge in [0.1, 0.15) is 0 Å². The minimum absolute atomic E-state index is 0.207. The summed E-state index contributed by atoms with van der Waals surface area (Å²) in [6.45, 7) is 7.14. The van der Waals surface area contributed by atoms with E-state index in [-0.39, 0.29) is 6.10 Å². The lowest BCUT2D eigenvalue weighted by Crippen LogP contribution is -2.37. The van der Waals surface area contributed by atoms with Gasteiger partial charge in [0.05, 0.1) is 18.1 Å². The largest absolute Gasteiger partial charge is 0.393 e. The first-order chi connectivity index (χ1) is 9.20. The molecule has 19 heavy (non-hydrogen) atoms. The summed E-state index contributed by atoms with van der Waals surface area (Å²) in [4.78, 5) is 6.80. The molecule has 1 aromatic rings. The highest BCUT2D eigenvalue weighted by Crippen LogP contribution is 2.22. The van der Waals surface area contributed by atoms with Gasteiger partial charge in [-0.1, -0.05) is 12.8 Å². The lowest BCUT2D eigenvalue weighted by molar-refractivity contribution is 0.107. The molecule has 0 aliphatic carbocycles. The molecule has 108 valence electrons. The van der Waals surface area contributed by atoms with Crippen molar-refractivity contribution < 1.29 is 5.11 Å². The Bertz CT molecular complexity index is 375. The number of aliphatic hydroxyl groups is 1. The fraction of sp³-hybridized carbons (Fsp3) is 0.800. The van der Waals surface area contributed by atoms with E-state index in [4.69, 9.17) is 0 Å². The highest BCUT2D eigenvalue weighted by atomic mass is 16.3. The molecule has 1 aliphatic heterocycles. The molecule has 2 heterocycles. The zero-order chi connectivity index (χ0) is 13.7. The number of hydrogen-bond acceptors (Lipinski definition) is 3. The molecular formula is C15H27N3O. The van der Waals surface area contributed by atoms with E-state index in [9.17, 15) is 5.11 Å². The van der Waals surface area contributed by atoms with E-state index in [0.29, 0.717) is 6.04 Å². The van der Waals surface area contributed by atoms with Gasteiger partial charge < -0.3 is 9.67 Å². The second-order valence-corrected chi connectivity index (χ2v) is 5.73. The third-order valence-corrected chi connectivity index (χ3v) is 4.12. The molecule has 2 rings (SSSR count). The van der Waals surface area contributed by atoms with Crippen molar-refractivity contribution in [2.45, 2.75) is 71.2 Å². The summed E-state index contributed by atoms with van der Waals surface area (Å²) >= 11 is 0. The summed E-state index contributed by atoms with van der Waals surface area (Å²) in [7, 11) is 0. The van der Waals surface area contributed by atoms with Gasteiger partial charge in [-0.3, -0.25) is 4.90 Å². The van der Waals surface area contributed by atoms with Crippen molar-refractivity contribution in [3.05, 3.63) is 18.2 Å². The molecule has 1 aliphatic rings. The number of rotatable bonds is 5. The molecule has 0 radical (unpaired) electrons. The van der Waals surface area contributed by atoms with E-state index in [1.807, 2.05) is 19.4 Å². The van der Waals surface area contributed by atoms with Crippen LogP contribution in [-0.2, 0) is 13.1 Å². The van der Waals surface area contributed by atoms with Gasteiger partial charge in [0.25, 0.3) is 0 Å². The number of aliphatic hydroxyl groups excluding tert-OH is 1. The Morgan fingerprint density at radius 2 is 2.26 bits per heavy atom. The molecule has 1 saturated heterocycles. The zero-order valence-corrected chi connectivity index (χ0v) is 12.3. The predicted octanol–water partition coefficient (Wildman–Crippen LogP) is 2.42. The van der Waals surface area contributed by atoms with Crippen LogP contribution in [0, 0.1) is 0 Å². The van der Waals surface area contributed by atoms with Crippen LogP contribution in [0.4, 0.5) is 0 Å². The monoisotopic (exact) mass is 265 g/mol. The Morgan fingerprint density at radius 3 is 3.00 bits per heavy atom. The molecule has 0 spiro atoms. The second-order valence-electron chi connectivity index (χ2n) is 5.73. The Hall–Kier alpha value is -0.870. The second kappa shape index (κ2) is 7.06. The molecule has 2 unspecified atom stereocenters. The van der Waals surface area contributed by atoms with Crippen LogP contribution >= 0.6 is 0 Å². The standard InChI is InChI=1S/C15H27N3O/c1-3-17-12-16-10-15(17)11-18-8-6-4-5-7-14(18)9-13(2)19/h10,12-14,19H,3-9,11H2,1-2H3. The van der Waals surface area contributed by atoms with Crippen molar-refractivity contribution in [3.63, 3.8) is 0 Å². The van der Waals surface area contributed by atoms with E-state index in [1.54, 1.807) is 0 Å².